The summed E-state index contributed by atoms with van der Waals surface area (Å²) in [7, 11) is 0. The summed E-state index contributed by atoms with van der Waals surface area (Å²) in [5.74, 6) is 0.833. The van der Waals surface area contributed by atoms with Crippen LogP contribution in [0.5, 0.6) is 5.75 Å². The highest BCUT2D eigenvalue weighted by Gasteiger charge is 2.38. The minimum absolute atomic E-state index is 0.0742. The summed E-state index contributed by atoms with van der Waals surface area (Å²) in [5, 5.41) is 11.1. The minimum Gasteiger partial charge on any atom is -0.485 e. The first-order valence-corrected chi connectivity index (χ1v) is 11.5. The van der Waals surface area contributed by atoms with Crippen LogP contribution in [-0.2, 0) is 11.8 Å². The molecule has 1 unspecified atom stereocenters. The molecular formula is C27H27F3N2O2. The van der Waals surface area contributed by atoms with Gasteiger partial charge in [-0.25, -0.2) is 0 Å². The summed E-state index contributed by atoms with van der Waals surface area (Å²) in [6.07, 6.45) is -3.75. The Kier molecular flexibility index (Phi) is 6.00. The van der Waals surface area contributed by atoms with Crippen LogP contribution in [0.15, 0.2) is 78.9 Å². The highest BCUT2D eigenvalue weighted by molar-refractivity contribution is 5.70. The highest BCUT2D eigenvalue weighted by atomic mass is 19.4. The zero-order chi connectivity index (χ0) is 23.8. The number of nitrogens with zero attached hydrogens (tertiary/aromatic N) is 2. The second-order valence-electron chi connectivity index (χ2n) is 9.06. The molecule has 34 heavy (non-hydrogen) atoms. The topological polar surface area (TPSA) is 35.9 Å². The van der Waals surface area contributed by atoms with Crippen LogP contribution in [0, 0.1) is 0 Å². The maximum absolute atomic E-state index is 13.1. The molecule has 0 spiro atoms. The standard InChI is InChI=1S/C27H27F3N2O2/c28-27(29,30)21-8-6-7-20(17-21)26(33)13-15-31(16-14-26)18-23-19-32(22-9-2-1-3-10-22)24-11-4-5-12-25(24)34-23/h1-12,17,23,33H,13-16,18-19H2. The molecule has 0 aromatic heterocycles. The van der Waals surface area contributed by atoms with Crippen molar-refractivity contribution in [2.24, 2.45) is 0 Å². The van der Waals surface area contributed by atoms with E-state index in [9.17, 15) is 18.3 Å². The van der Waals surface area contributed by atoms with Crippen molar-refractivity contribution in [3.8, 4) is 5.75 Å². The van der Waals surface area contributed by atoms with Crippen molar-refractivity contribution in [1.82, 2.24) is 4.90 Å². The van der Waals surface area contributed by atoms with E-state index in [2.05, 4.69) is 28.0 Å². The molecule has 7 heteroatoms. The first-order chi connectivity index (χ1) is 16.3. The molecular weight excluding hydrogens is 441 g/mol. The molecule has 2 aliphatic rings. The number of halogens is 3. The maximum Gasteiger partial charge on any atom is 0.416 e. The zero-order valence-electron chi connectivity index (χ0n) is 18.7. The molecule has 2 heterocycles. The van der Waals surface area contributed by atoms with Crippen molar-refractivity contribution < 1.29 is 23.0 Å². The number of piperidine rings is 1. The Bertz CT molecular complexity index is 1130. The van der Waals surface area contributed by atoms with Crippen LogP contribution in [0.3, 0.4) is 0 Å². The van der Waals surface area contributed by atoms with E-state index in [-0.39, 0.29) is 6.10 Å². The van der Waals surface area contributed by atoms with Crippen LogP contribution < -0.4 is 9.64 Å². The Morgan fingerprint density at radius 2 is 1.62 bits per heavy atom. The van der Waals surface area contributed by atoms with Gasteiger partial charge in [-0.05, 0) is 54.8 Å². The smallest absolute Gasteiger partial charge is 0.416 e. The monoisotopic (exact) mass is 468 g/mol. The molecule has 2 aliphatic heterocycles. The second kappa shape index (κ2) is 8.96. The van der Waals surface area contributed by atoms with Crippen LogP contribution in [0.2, 0.25) is 0 Å². The van der Waals surface area contributed by atoms with E-state index in [1.165, 1.54) is 6.07 Å². The van der Waals surface area contributed by atoms with Gasteiger partial charge in [0.1, 0.15) is 11.9 Å². The maximum atomic E-state index is 13.1. The number of aliphatic hydroxyl groups is 1. The third kappa shape index (κ3) is 4.63. The van der Waals surface area contributed by atoms with Gasteiger partial charge in [0.25, 0.3) is 0 Å². The lowest BCUT2D eigenvalue weighted by Crippen LogP contribution is -2.49. The number of hydrogen-bond acceptors (Lipinski definition) is 4. The van der Waals surface area contributed by atoms with Crippen LogP contribution in [0.25, 0.3) is 0 Å². The molecule has 3 aromatic carbocycles. The minimum atomic E-state index is -4.42. The Hall–Kier alpha value is -3.03. The van der Waals surface area contributed by atoms with Gasteiger partial charge in [0.15, 0.2) is 0 Å². The molecule has 0 radical (unpaired) electrons. The number of anilines is 2. The van der Waals surface area contributed by atoms with E-state index in [0.29, 0.717) is 44.6 Å². The van der Waals surface area contributed by atoms with Gasteiger partial charge in [0.05, 0.1) is 23.4 Å². The van der Waals surface area contributed by atoms with Gasteiger partial charge < -0.3 is 14.7 Å². The van der Waals surface area contributed by atoms with Crippen LogP contribution in [-0.4, -0.2) is 42.3 Å². The first kappa shape index (κ1) is 22.7. The van der Waals surface area contributed by atoms with E-state index in [1.807, 2.05) is 36.4 Å². The highest BCUT2D eigenvalue weighted by Crippen LogP contribution is 2.39. The van der Waals surface area contributed by atoms with E-state index in [1.54, 1.807) is 6.07 Å². The van der Waals surface area contributed by atoms with Crippen molar-refractivity contribution in [2.75, 3.05) is 31.1 Å². The van der Waals surface area contributed by atoms with Gasteiger partial charge in [-0.2, -0.15) is 13.2 Å². The summed E-state index contributed by atoms with van der Waals surface area (Å²) in [5.41, 5.74) is 0.480. The normalized spacial score (nSPS) is 20.5. The molecule has 3 aromatic rings. The summed E-state index contributed by atoms with van der Waals surface area (Å²) < 4.78 is 45.7. The summed E-state index contributed by atoms with van der Waals surface area (Å²) in [6.45, 7) is 2.53. The largest absolute Gasteiger partial charge is 0.485 e. The van der Waals surface area contributed by atoms with Crippen LogP contribution in [0.1, 0.15) is 24.0 Å². The number of para-hydroxylation sites is 3. The number of alkyl halides is 3. The van der Waals surface area contributed by atoms with Gasteiger partial charge in [0, 0.05) is 25.3 Å². The van der Waals surface area contributed by atoms with E-state index < -0.39 is 17.3 Å². The van der Waals surface area contributed by atoms with Crippen molar-refractivity contribution in [3.63, 3.8) is 0 Å². The Morgan fingerprint density at radius 3 is 2.35 bits per heavy atom. The lowest BCUT2D eigenvalue weighted by atomic mass is 9.83. The van der Waals surface area contributed by atoms with E-state index >= 15 is 0 Å². The Morgan fingerprint density at radius 1 is 0.912 bits per heavy atom. The molecule has 1 atom stereocenters. The average Bonchev–Trinajstić information content (AvgIpc) is 2.85. The lowest BCUT2D eigenvalue weighted by Gasteiger charge is -2.42. The molecule has 1 saturated heterocycles. The molecule has 4 nitrogen and oxygen atoms in total. The van der Waals surface area contributed by atoms with E-state index in [0.717, 1.165) is 29.3 Å². The summed E-state index contributed by atoms with van der Waals surface area (Å²) in [4.78, 5) is 4.48. The zero-order valence-corrected chi connectivity index (χ0v) is 18.7. The second-order valence-corrected chi connectivity index (χ2v) is 9.06. The molecule has 5 rings (SSSR count). The van der Waals surface area contributed by atoms with Gasteiger partial charge in [0.2, 0.25) is 0 Å². The predicted molar refractivity (Wildman–Crippen MR) is 125 cm³/mol. The van der Waals surface area contributed by atoms with Crippen molar-refractivity contribution >= 4 is 11.4 Å². The fourth-order valence-electron chi connectivity index (χ4n) is 4.91. The third-order valence-electron chi connectivity index (χ3n) is 6.78. The predicted octanol–water partition coefficient (Wildman–Crippen LogP) is 5.59. The number of benzene rings is 3. The van der Waals surface area contributed by atoms with Crippen LogP contribution in [0.4, 0.5) is 24.5 Å². The number of likely N-dealkylation sites (tertiary alicyclic amines) is 1. The number of rotatable bonds is 4. The first-order valence-electron chi connectivity index (χ1n) is 11.5. The van der Waals surface area contributed by atoms with Gasteiger partial charge in [-0.15, -0.1) is 0 Å². The quantitative estimate of drug-likeness (QED) is 0.542. The average molecular weight is 469 g/mol. The summed E-state index contributed by atoms with van der Waals surface area (Å²) >= 11 is 0. The molecule has 0 aliphatic carbocycles. The number of ether oxygens (including phenoxy) is 1. The molecule has 0 bridgehead atoms. The lowest BCUT2D eigenvalue weighted by molar-refractivity contribution is -0.137. The third-order valence-corrected chi connectivity index (χ3v) is 6.78. The fourth-order valence-corrected chi connectivity index (χ4v) is 4.91. The molecule has 178 valence electrons. The van der Waals surface area contributed by atoms with Crippen LogP contribution >= 0.6 is 0 Å². The number of fused-ring (bicyclic) bond motifs is 1. The molecule has 0 saturated carbocycles. The van der Waals surface area contributed by atoms with Gasteiger partial charge in [-0.1, -0.05) is 42.5 Å². The van der Waals surface area contributed by atoms with Gasteiger partial charge >= 0.3 is 6.18 Å². The fraction of sp³-hybridized carbons (Fsp3) is 0.333. The summed E-state index contributed by atoms with van der Waals surface area (Å²) in [6, 6.07) is 23.2. The Labute approximate surface area is 197 Å². The SMILES string of the molecule is OC1(c2cccc(C(F)(F)F)c2)CCN(CC2CN(c3ccccc3)c3ccccc3O2)CC1. The van der Waals surface area contributed by atoms with E-state index in [4.69, 9.17) is 4.74 Å². The van der Waals surface area contributed by atoms with Gasteiger partial charge in [-0.3, -0.25) is 4.90 Å². The molecule has 1 fully saturated rings. The molecule has 0 amide bonds. The van der Waals surface area contributed by atoms with Crippen molar-refractivity contribution in [1.29, 1.82) is 0 Å². The molecule has 1 N–H and O–H groups in total. The number of hydrogen-bond donors (Lipinski definition) is 1. The Balaban J connectivity index is 1.27. The van der Waals surface area contributed by atoms with Crippen molar-refractivity contribution in [2.45, 2.75) is 30.7 Å². The van der Waals surface area contributed by atoms with Crippen molar-refractivity contribution in [3.05, 3.63) is 90.0 Å².